The highest BCUT2D eigenvalue weighted by Crippen LogP contribution is 2.25. The van der Waals surface area contributed by atoms with E-state index in [0.29, 0.717) is 33.1 Å². The van der Waals surface area contributed by atoms with Gasteiger partial charge in [-0.3, -0.25) is 9.36 Å². The summed E-state index contributed by atoms with van der Waals surface area (Å²) < 4.78 is 26.9. The molecule has 0 fully saturated rings. The Balaban J connectivity index is 1.82. The molecule has 0 saturated heterocycles. The Morgan fingerprint density at radius 2 is 1.52 bits per heavy atom. The second kappa shape index (κ2) is 7.99. The molecule has 164 valence electrons. The predicted molar refractivity (Wildman–Crippen MR) is 128 cm³/mol. The maximum atomic E-state index is 13.6. The molecule has 0 radical (unpaired) electrons. The summed E-state index contributed by atoms with van der Waals surface area (Å²) in [5.74, 6) is 0.354. The van der Waals surface area contributed by atoms with Gasteiger partial charge < -0.3 is 0 Å². The Bertz CT molecular complexity index is 1640. The predicted octanol–water partition coefficient (Wildman–Crippen LogP) is 4.30. The molecule has 0 unspecified atom stereocenters. The third-order valence-electron chi connectivity index (χ3n) is 5.23. The number of sulfone groups is 1. The molecule has 0 aliphatic rings. The molecule has 0 bridgehead atoms. The summed E-state index contributed by atoms with van der Waals surface area (Å²) in [6.07, 6.45) is 2.65. The van der Waals surface area contributed by atoms with Gasteiger partial charge in [-0.15, -0.1) is 0 Å². The summed E-state index contributed by atoms with van der Waals surface area (Å²) >= 11 is 6.05. The lowest BCUT2D eigenvalue weighted by atomic mass is 10.2. The average molecular weight is 477 g/mol. The minimum absolute atomic E-state index is 0.182. The minimum atomic E-state index is -3.36. The van der Waals surface area contributed by atoms with Crippen LogP contribution in [-0.2, 0) is 9.84 Å². The maximum Gasteiger partial charge on any atom is 0.269 e. The van der Waals surface area contributed by atoms with Gasteiger partial charge in [0.15, 0.2) is 15.5 Å². The van der Waals surface area contributed by atoms with Crippen LogP contribution in [0.4, 0.5) is 0 Å². The molecule has 0 aliphatic carbocycles. The van der Waals surface area contributed by atoms with E-state index in [-0.39, 0.29) is 10.5 Å². The Hall–Kier alpha value is -3.75. The number of para-hydroxylation sites is 1. The van der Waals surface area contributed by atoms with Crippen molar-refractivity contribution in [3.05, 3.63) is 100 Å². The van der Waals surface area contributed by atoms with Crippen LogP contribution in [0, 0.1) is 0 Å². The molecular formula is C24H17ClN4O3S. The number of rotatable bonds is 4. The second-order valence-electron chi connectivity index (χ2n) is 7.48. The first kappa shape index (κ1) is 21.1. The highest BCUT2D eigenvalue weighted by Gasteiger charge is 2.19. The van der Waals surface area contributed by atoms with Gasteiger partial charge in [-0.25, -0.2) is 18.1 Å². The fraction of sp³-hybridized carbons (Fsp3) is 0.0417. The third kappa shape index (κ3) is 3.83. The standard InChI is InChI=1S/C24H17ClN4O3S/c1-33(31,32)20-13-7-16(8-14-20)22-27-23-21(15-26-29(23)19-5-3-2-4-6-19)24(30)28(22)18-11-9-17(25)10-12-18/h2-15H,1H3. The number of fused-ring (bicyclic) bond motifs is 1. The van der Waals surface area contributed by atoms with Crippen molar-refractivity contribution >= 4 is 32.5 Å². The third-order valence-corrected chi connectivity index (χ3v) is 6.61. The Morgan fingerprint density at radius 1 is 0.848 bits per heavy atom. The van der Waals surface area contributed by atoms with Crippen molar-refractivity contribution < 1.29 is 8.42 Å². The van der Waals surface area contributed by atoms with E-state index in [2.05, 4.69) is 5.10 Å². The minimum Gasteiger partial charge on any atom is -0.268 e. The molecule has 0 atom stereocenters. The van der Waals surface area contributed by atoms with Crippen molar-refractivity contribution in [2.45, 2.75) is 4.90 Å². The fourth-order valence-electron chi connectivity index (χ4n) is 3.60. The topological polar surface area (TPSA) is 86.8 Å². The summed E-state index contributed by atoms with van der Waals surface area (Å²) in [7, 11) is -3.36. The lowest BCUT2D eigenvalue weighted by Crippen LogP contribution is -2.22. The molecule has 0 N–H and O–H groups in total. The fourth-order valence-corrected chi connectivity index (χ4v) is 4.36. The molecule has 0 saturated carbocycles. The van der Waals surface area contributed by atoms with E-state index in [0.717, 1.165) is 11.9 Å². The molecule has 2 heterocycles. The largest absolute Gasteiger partial charge is 0.269 e. The number of hydrogen-bond donors (Lipinski definition) is 0. The molecule has 0 aliphatic heterocycles. The van der Waals surface area contributed by atoms with Crippen molar-refractivity contribution in [2.24, 2.45) is 0 Å². The smallest absolute Gasteiger partial charge is 0.268 e. The Morgan fingerprint density at radius 3 is 2.15 bits per heavy atom. The normalized spacial score (nSPS) is 11.7. The van der Waals surface area contributed by atoms with Gasteiger partial charge in [0.1, 0.15) is 11.2 Å². The molecule has 3 aromatic carbocycles. The van der Waals surface area contributed by atoms with Gasteiger partial charge in [-0.1, -0.05) is 29.8 Å². The summed E-state index contributed by atoms with van der Waals surface area (Å²) in [4.78, 5) is 18.6. The number of hydrogen-bond acceptors (Lipinski definition) is 5. The average Bonchev–Trinajstić information content (AvgIpc) is 3.24. The molecule has 0 amide bonds. The first-order valence-corrected chi connectivity index (χ1v) is 12.2. The van der Waals surface area contributed by atoms with Gasteiger partial charge in [-0.05, 0) is 60.7 Å². The second-order valence-corrected chi connectivity index (χ2v) is 9.93. The molecule has 9 heteroatoms. The van der Waals surface area contributed by atoms with Crippen LogP contribution in [-0.4, -0.2) is 34.0 Å². The van der Waals surface area contributed by atoms with Gasteiger partial charge >= 0.3 is 0 Å². The van der Waals surface area contributed by atoms with E-state index in [1.807, 2.05) is 30.3 Å². The van der Waals surface area contributed by atoms with Crippen LogP contribution in [0.25, 0.3) is 33.8 Å². The van der Waals surface area contributed by atoms with Gasteiger partial charge in [0.2, 0.25) is 0 Å². The van der Waals surface area contributed by atoms with Gasteiger partial charge in [0, 0.05) is 16.8 Å². The highest BCUT2D eigenvalue weighted by molar-refractivity contribution is 7.90. The molecule has 5 aromatic rings. The van der Waals surface area contributed by atoms with Crippen molar-refractivity contribution in [2.75, 3.05) is 6.26 Å². The van der Waals surface area contributed by atoms with E-state index in [1.54, 1.807) is 41.1 Å². The maximum absolute atomic E-state index is 13.6. The molecule has 5 rings (SSSR count). The van der Waals surface area contributed by atoms with Gasteiger partial charge in [0.25, 0.3) is 5.56 Å². The van der Waals surface area contributed by atoms with E-state index in [1.165, 1.54) is 22.9 Å². The number of nitrogens with zero attached hydrogens (tertiary/aromatic N) is 4. The first-order chi connectivity index (χ1) is 15.8. The highest BCUT2D eigenvalue weighted by atomic mass is 35.5. The Kier molecular flexibility index (Phi) is 5.11. The lowest BCUT2D eigenvalue weighted by Gasteiger charge is -2.14. The summed E-state index contributed by atoms with van der Waals surface area (Å²) in [5.41, 5.74) is 2.03. The van der Waals surface area contributed by atoms with E-state index in [9.17, 15) is 13.2 Å². The summed E-state index contributed by atoms with van der Waals surface area (Å²) in [6.45, 7) is 0. The summed E-state index contributed by atoms with van der Waals surface area (Å²) in [6, 6.07) is 22.5. The number of benzene rings is 3. The van der Waals surface area contributed by atoms with Crippen LogP contribution < -0.4 is 5.56 Å². The van der Waals surface area contributed by atoms with E-state index >= 15 is 0 Å². The van der Waals surface area contributed by atoms with Crippen LogP contribution in [0.1, 0.15) is 0 Å². The van der Waals surface area contributed by atoms with E-state index in [4.69, 9.17) is 16.6 Å². The number of halogens is 1. The van der Waals surface area contributed by atoms with Crippen molar-refractivity contribution in [3.63, 3.8) is 0 Å². The van der Waals surface area contributed by atoms with Crippen LogP contribution in [0.2, 0.25) is 5.02 Å². The SMILES string of the molecule is CS(=O)(=O)c1ccc(-c2nc3c(cnn3-c3ccccc3)c(=O)n2-c2ccc(Cl)cc2)cc1. The van der Waals surface area contributed by atoms with Crippen LogP contribution in [0.5, 0.6) is 0 Å². The zero-order valence-electron chi connectivity index (χ0n) is 17.4. The van der Waals surface area contributed by atoms with Crippen LogP contribution >= 0.6 is 11.6 Å². The van der Waals surface area contributed by atoms with Crippen LogP contribution in [0.3, 0.4) is 0 Å². The van der Waals surface area contributed by atoms with Gasteiger partial charge in [0.05, 0.1) is 22.5 Å². The first-order valence-electron chi connectivity index (χ1n) is 9.95. The molecular weight excluding hydrogens is 460 g/mol. The summed E-state index contributed by atoms with van der Waals surface area (Å²) in [5, 5.41) is 5.29. The zero-order valence-corrected chi connectivity index (χ0v) is 19.0. The van der Waals surface area contributed by atoms with Crippen molar-refractivity contribution in [3.8, 4) is 22.8 Å². The van der Waals surface area contributed by atoms with E-state index < -0.39 is 9.84 Å². The molecule has 2 aromatic heterocycles. The van der Waals surface area contributed by atoms with Crippen molar-refractivity contribution in [1.29, 1.82) is 0 Å². The molecule has 0 spiro atoms. The molecule has 7 nitrogen and oxygen atoms in total. The monoisotopic (exact) mass is 476 g/mol. The quantitative estimate of drug-likeness (QED) is 0.386. The van der Waals surface area contributed by atoms with Crippen molar-refractivity contribution in [1.82, 2.24) is 19.3 Å². The van der Waals surface area contributed by atoms with Crippen LogP contribution in [0.15, 0.2) is 94.7 Å². The lowest BCUT2D eigenvalue weighted by molar-refractivity contribution is 0.602. The zero-order chi connectivity index (χ0) is 23.2. The number of aromatic nitrogens is 4. The van der Waals surface area contributed by atoms with Gasteiger partial charge in [-0.2, -0.15) is 5.10 Å². The molecule has 33 heavy (non-hydrogen) atoms. The Labute approximate surface area is 194 Å².